The second-order valence-electron chi connectivity index (χ2n) is 24.9. The predicted molar refractivity (Wildman–Crippen MR) is 323 cm³/mol. The largest absolute Gasteiger partial charge is 0.458 e. The van der Waals surface area contributed by atoms with Crippen molar-refractivity contribution in [2.24, 2.45) is 0 Å². The van der Waals surface area contributed by atoms with Crippen molar-refractivity contribution in [3.8, 4) is 39.8 Å². The van der Waals surface area contributed by atoms with E-state index in [9.17, 15) is 0 Å². The normalized spacial score (nSPS) is 12.6. The zero-order valence-corrected chi connectivity index (χ0v) is 47.5. The third-order valence-electron chi connectivity index (χ3n) is 16.4. The minimum absolute atomic E-state index is 0.0163. The van der Waals surface area contributed by atoms with Gasteiger partial charge in [-0.1, -0.05) is 217 Å². The fourth-order valence-corrected chi connectivity index (χ4v) is 11.1. The van der Waals surface area contributed by atoms with Crippen LogP contribution in [-0.4, -0.2) is 14.1 Å². The number of aromatic nitrogens is 4. The molecule has 0 fully saturated rings. The molecule has 8 aromatic carbocycles. The third-order valence-corrected chi connectivity index (χ3v) is 16.4. The van der Waals surface area contributed by atoms with Crippen LogP contribution in [0.25, 0.3) is 50.1 Å². The number of benzene rings is 8. The van der Waals surface area contributed by atoms with Crippen LogP contribution < -0.4 is 9.30 Å². The summed E-state index contributed by atoms with van der Waals surface area (Å²) in [5.41, 5.74) is 14.9. The van der Waals surface area contributed by atoms with Gasteiger partial charge in [-0.25, -0.2) is 4.98 Å². The van der Waals surface area contributed by atoms with Crippen molar-refractivity contribution < 1.29 is 9.30 Å². The molecule has 0 N–H and O–H groups in total. The summed E-state index contributed by atoms with van der Waals surface area (Å²) in [6, 6.07) is 74.7. The van der Waals surface area contributed by atoms with Gasteiger partial charge in [0.1, 0.15) is 17.3 Å². The standard InChI is InChI=1S/C73H72N4O/c1-69(2,3)55-33-36-65-64(44-55)63-35-34-61(47-66(63)77(65)68-45-56(37-38-74-68)70(4,5)6)78-62-40-51(50-25-17-13-18-26-50)39-59(46-62)75-48-67(73(11,12)54-31-23-16-24-32-54)76(49-75)60-42-57(71(7,8)52-27-19-14-20-28-52)41-58(43-60)72(9,10)53-29-21-15-22-30-53/h13-48H,1-12H3. The number of imidazole rings is 1. The lowest BCUT2D eigenvalue weighted by Crippen LogP contribution is -2.41. The van der Waals surface area contributed by atoms with Gasteiger partial charge in [0, 0.05) is 45.5 Å². The molecule has 5 nitrogen and oxygen atoms in total. The van der Waals surface area contributed by atoms with Gasteiger partial charge in [0.25, 0.3) is 6.33 Å². The lowest BCUT2D eigenvalue weighted by molar-refractivity contribution is -0.611. The molecule has 0 amide bonds. The van der Waals surface area contributed by atoms with E-state index in [2.05, 4.69) is 316 Å². The van der Waals surface area contributed by atoms with Crippen LogP contribution in [0.5, 0.6) is 11.5 Å². The summed E-state index contributed by atoms with van der Waals surface area (Å²) >= 11 is 0. The molecule has 5 heteroatoms. The van der Waals surface area contributed by atoms with Crippen LogP contribution in [-0.2, 0) is 27.1 Å². The molecule has 0 bridgehead atoms. The average Bonchev–Trinajstić information content (AvgIpc) is 4.26. The van der Waals surface area contributed by atoms with E-state index in [0.29, 0.717) is 5.75 Å². The molecule has 0 unspecified atom stereocenters. The Labute approximate surface area is 462 Å². The number of fused-ring (bicyclic) bond motifs is 3. The van der Waals surface area contributed by atoms with E-state index < -0.39 is 5.41 Å². The Morgan fingerprint density at radius 3 is 1.54 bits per heavy atom. The average molecular weight is 1020 g/mol. The van der Waals surface area contributed by atoms with Gasteiger partial charge in [-0.3, -0.25) is 13.7 Å². The van der Waals surface area contributed by atoms with Crippen LogP contribution in [0.4, 0.5) is 0 Å². The fourth-order valence-electron chi connectivity index (χ4n) is 11.1. The van der Waals surface area contributed by atoms with E-state index >= 15 is 0 Å². The van der Waals surface area contributed by atoms with Gasteiger partial charge in [-0.2, -0.15) is 0 Å². The molecule has 0 atom stereocenters. The van der Waals surface area contributed by atoms with Crippen LogP contribution in [0.2, 0.25) is 0 Å². The van der Waals surface area contributed by atoms with Crippen molar-refractivity contribution >= 4 is 21.8 Å². The minimum atomic E-state index is -0.442. The van der Waals surface area contributed by atoms with Crippen LogP contribution in [0.1, 0.15) is 128 Å². The predicted octanol–water partition coefficient (Wildman–Crippen LogP) is 18.1. The van der Waals surface area contributed by atoms with E-state index in [1.807, 2.05) is 6.20 Å². The first kappa shape index (κ1) is 51.8. The van der Waals surface area contributed by atoms with Crippen LogP contribution >= 0.6 is 0 Å². The quantitative estimate of drug-likeness (QED) is 0.0903. The molecule has 0 aliphatic carbocycles. The highest BCUT2D eigenvalue weighted by atomic mass is 16.5. The number of nitrogens with zero attached hydrogens (tertiary/aromatic N) is 4. The molecule has 3 aromatic heterocycles. The molecule has 0 radical (unpaired) electrons. The summed E-state index contributed by atoms with van der Waals surface area (Å²) in [4.78, 5) is 5.01. The Bertz CT molecular complexity index is 3890. The summed E-state index contributed by atoms with van der Waals surface area (Å²) in [6.45, 7) is 27.6. The van der Waals surface area contributed by atoms with Crippen molar-refractivity contribution in [1.82, 2.24) is 14.1 Å². The van der Waals surface area contributed by atoms with Gasteiger partial charge in [-0.15, -0.1) is 0 Å². The first-order valence-corrected chi connectivity index (χ1v) is 27.5. The van der Waals surface area contributed by atoms with E-state index in [-0.39, 0.29) is 21.7 Å². The van der Waals surface area contributed by atoms with Gasteiger partial charge in [0.15, 0.2) is 0 Å². The Kier molecular flexibility index (Phi) is 13.0. The smallest absolute Gasteiger partial charge is 0.269 e. The Balaban J connectivity index is 1.10. The van der Waals surface area contributed by atoms with Crippen LogP contribution in [0.15, 0.2) is 219 Å². The monoisotopic (exact) mass is 1020 g/mol. The highest BCUT2D eigenvalue weighted by Crippen LogP contribution is 2.42. The van der Waals surface area contributed by atoms with E-state index in [4.69, 9.17) is 9.72 Å². The van der Waals surface area contributed by atoms with Crippen molar-refractivity contribution in [2.75, 3.05) is 0 Å². The molecule has 11 rings (SSSR count). The summed E-state index contributed by atoms with van der Waals surface area (Å²) in [7, 11) is 0. The first-order chi connectivity index (χ1) is 37.2. The summed E-state index contributed by atoms with van der Waals surface area (Å²) < 4.78 is 13.9. The Morgan fingerprint density at radius 1 is 0.410 bits per heavy atom. The van der Waals surface area contributed by atoms with Crippen molar-refractivity contribution in [1.29, 1.82) is 0 Å². The Morgan fingerprint density at radius 2 is 0.962 bits per heavy atom. The second-order valence-corrected chi connectivity index (χ2v) is 24.9. The zero-order valence-electron chi connectivity index (χ0n) is 47.5. The fraction of sp³-hybridized carbons (Fsp3) is 0.233. The number of pyridine rings is 1. The second kappa shape index (κ2) is 19.6. The first-order valence-electron chi connectivity index (χ1n) is 27.5. The van der Waals surface area contributed by atoms with Crippen LogP contribution in [0, 0.1) is 6.33 Å². The lowest BCUT2D eigenvalue weighted by atomic mass is 9.73. The molecule has 0 aliphatic heterocycles. The molecule has 78 heavy (non-hydrogen) atoms. The van der Waals surface area contributed by atoms with Gasteiger partial charge in [-0.05, 0) is 128 Å². The van der Waals surface area contributed by atoms with Crippen LogP contribution in [0.3, 0.4) is 0 Å². The summed E-state index contributed by atoms with van der Waals surface area (Å²) in [5, 5.41) is 2.34. The molecular formula is C73H72N4O. The number of hydrogen-bond donors (Lipinski definition) is 0. The van der Waals surface area contributed by atoms with E-state index in [1.165, 1.54) is 44.3 Å². The molecule has 0 spiro atoms. The maximum absolute atomic E-state index is 7.13. The topological polar surface area (TPSA) is 35.9 Å². The highest BCUT2D eigenvalue weighted by molar-refractivity contribution is 6.09. The third kappa shape index (κ3) is 9.76. The number of rotatable bonds is 12. The maximum Gasteiger partial charge on any atom is 0.269 e. The van der Waals surface area contributed by atoms with E-state index in [1.54, 1.807) is 0 Å². The molecule has 0 saturated carbocycles. The SMILES string of the molecule is CC(C)(C)c1ccnc(-n2c3ccc(C(C)(C)C)cc3c3ccc(Oc4cc(-c5ccccc5)cc(-n5[c-][n+](-c6cc(C(C)(C)c7ccccc7)cc(C(C)(C)c7ccccc7)c6)c(C(C)(C)c6ccccc6)c5)c4)cc32)c1. The maximum atomic E-state index is 7.13. The zero-order chi connectivity index (χ0) is 54.8. The van der Waals surface area contributed by atoms with Gasteiger partial charge < -0.3 is 4.74 Å². The van der Waals surface area contributed by atoms with Gasteiger partial charge in [0.05, 0.1) is 28.1 Å². The summed E-state index contributed by atoms with van der Waals surface area (Å²) in [6.07, 6.45) is 8.17. The molecule has 3 heterocycles. The van der Waals surface area contributed by atoms with Gasteiger partial charge >= 0.3 is 0 Å². The molecule has 11 aromatic rings. The highest BCUT2D eigenvalue weighted by Gasteiger charge is 2.33. The van der Waals surface area contributed by atoms with Gasteiger partial charge in [0.2, 0.25) is 0 Å². The minimum Gasteiger partial charge on any atom is -0.458 e. The number of hydrogen-bond acceptors (Lipinski definition) is 2. The molecular weight excluding hydrogens is 949 g/mol. The summed E-state index contributed by atoms with van der Waals surface area (Å²) in [5.74, 6) is 2.33. The molecule has 390 valence electrons. The van der Waals surface area contributed by atoms with E-state index in [0.717, 1.165) is 56.2 Å². The molecule has 0 saturated heterocycles. The molecule has 0 aliphatic rings. The lowest BCUT2D eigenvalue weighted by Gasteiger charge is -2.33. The van der Waals surface area contributed by atoms with Crippen molar-refractivity contribution in [3.05, 3.63) is 270 Å². The Hall–Kier alpha value is -8.28. The van der Waals surface area contributed by atoms with Crippen molar-refractivity contribution in [2.45, 2.75) is 110 Å². The number of ether oxygens (including phenoxy) is 1. The van der Waals surface area contributed by atoms with Crippen molar-refractivity contribution in [3.63, 3.8) is 0 Å².